The van der Waals surface area contributed by atoms with Crippen LogP contribution in [0.25, 0.3) is 0 Å². The summed E-state index contributed by atoms with van der Waals surface area (Å²) in [5, 5.41) is 1.35. The van der Waals surface area contributed by atoms with Crippen LogP contribution in [0.4, 0.5) is 22.0 Å². The second-order valence-corrected chi connectivity index (χ2v) is 11.8. The average Bonchev–Trinajstić information content (AvgIpc) is 3.26. The molecule has 4 rings (SSSR count). The van der Waals surface area contributed by atoms with Crippen molar-refractivity contribution in [2.24, 2.45) is 0 Å². The summed E-state index contributed by atoms with van der Waals surface area (Å²) >= 11 is 0.948. The molecule has 0 saturated carbocycles. The minimum atomic E-state index is -4.47. The van der Waals surface area contributed by atoms with E-state index >= 15 is 0 Å². The number of hydrogen-bond donors (Lipinski definition) is 0. The lowest BCUT2D eigenvalue weighted by Crippen LogP contribution is -2.38. The molecular formula is C22H26F5N3O3S2. The molecule has 1 aromatic heterocycles. The van der Waals surface area contributed by atoms with E-state index < -0.39 is 51.4 Å². The van der Waals surface area contributed by atoms with E-state index in [1.165, 1.54) is 4.31 Å². The molecule has 35 heavy (non-hydrogen) atoms. The SMILES string of the molecule is CS(=O)(=O)N1CCCCC1c1cc(F)c(OC2CCN(Cc3nc(C(F)(F)F)cs3)CC2)c(F)c1. The van der Waals surface area contributed by atoms with Gasteiger partial charge in [0.05, 0.1) is 12.8 Å². The molecule has 0 amide bonds. The molecule has 1 atom stereocenters. The van der Waals surface area contributed by atoms with Crippen molar-refractivity contribution in [3.8, 4) is 5.75 Å². The number of halogens is 5. The number of ether oxygens (including phenoxy) is 1. The van der Waals surface area contributed by atoms with Crippen molar-refractivity contribution in [2.75, 3.05) is 25.9 Å². The molecule has 0 N–H and O–H groups in total. The van der Waals surface area contributed by atoms with Crippen LogP contribution in [-0.2, 0) is 22.7 Å². The molecule has 2 aliphatic heterocycles. The maximum atomic E-state index is 14.9. The van der Waals surface area contributed by atoms with Crippen molar-refractivity contribution >= 4 is 21.4 Å². The van der Waals surface area contributed by atoms with Gasteiger partial charge in [0.25, 0.3) is 0 Å². The zero-order chi connectivity index (χ0) is 25.4. The lowest BCUT2D eigenvalue weighted by Gasteiger charge is -2.34. The highest BCUT2D eigenvalue weighted by molar-refractivity contribution is 7.88. The molecule has 3 heterocycles. The molecule has 0 bridgehead atoms. The number of benzene rings is 1. The highest BCUT2D eigenvalue weighted by Crippen LogP contribution is 2.36. The highest BCUT2D eigenvalue weighted by atomic mass is 32.2. The first-order valence-corrected chi connectivity index (χ1v) is 14.0. The van der Waals surface area contributed by atoms with E-state index in [1.807, 2.05) is 4.90 Å². The van der Waals surface area contributed by atoms with Crippen molar-refractivity contribution < 1.29 is 35.1 Å². The Morgan fingerprint density at radius 3 is 2.31 bits per heavy atom. The molecule has 2 aliphatic rings. The highest BCUT2D eigenvalue weighted by Gasteiger charge is 2.34. The van der Waals surface area contributed by atoms with Crippen molar-refractivity contribution in [1.82, 2.24) is 14.2 Å². The van der Waals surface area contributed by atoms with Crippen LogP contribution in [-0.4, -0.2) is 54.6 Å². The van der Waals surface area contributed by atoms with Crippen LogP contribution in [0.2, 0.25) is 0 Å². The smallest absolute Gasteiger partial charge is 0.434 e. The summed E-state index contributed by atoms with van der Waals surface area (Å²) < 4.78 is 99.1. The van der Waals surface area contributed by atoms with Crippen molar-refractivity contribution in [1.29, 1.82) is 0 Å². The van der Waals surface area contributed by atoms with Crippen LogP contribution in [0.1, 0.15) is 54.4 Å². The summed E-state index contributed by atoms with van der Waals surface area (Å²) in [6.07, 6.45) is -1.01. The number of piperidine rings is 2. The maximum absolute atomic E-state index is 14.9. The monoisotopic (exact) mass is 539 g/mol. The Balaban J connectivity index is 1.37. The number of aromatic nitrogens is 1. The van der Waals surface area contributed by atoms with Crippen molar-refractivity contribution in [3.05, 3.63) is 45.4 Å². The fourth-order valence-electron chi connectivity index (χ4n) is 4.58. The lowest BCUT2D eigenvalue weighted by molar-refractivity contribution is -0.140. The van der Waals surface area contributed by atoms with Gasteiger partial charge in [0.2, 0.25) is 10.0 Å². The fraction of sp³-hybridized carbons (Fsp3) is 0.591. The van der Waals surface area contributed by atoms with E-state index in [9.17, 15) is 30.4 Å². The molecule has 6 nitrogen and oxygen atoms in total. The van der Waals surface area contributed by atoms with Gasteiger partial charge >= 0.3 is 6.18 Å². The van der Waals surface area contributed by atoms with Gasteiger partial charge in [-0.3, -0.25) is 4.90 Å². The van der Waals surface area contributed by atoms with Gasteiger partial charge in [-0.05, 0) is 43.4 Å². The fourth-order valence-corrected chi connectivity index (χ4v) is 6.57. The van der Waals surface area contributed by atoms with Crippen molar-refractivity contribution in [2.45, 2.75) is 57.0 Å². The molecule has 2 saturated heterocycles. The summed E-state index contributed by atoms with van der Waals surface area (Å²) in [7, 11) is -3.52. The Hall–Kier alpha value is -1.83. The molecule has 194 valence electrons. The maximum Gasteiger partial charge on any atom is 0.434 e. The Kier molecular flexibility index (Phi) is 7.70. The summed E-state index contributed by atoms with van der Waals surface area (Å²) in [6.45, 7) is 1.54. The molecule has 0 spiro atoms. The van der Waals surface area contributed by atoms with Gasteiger partial charge in [-0.15, -0.1) is 11.3 Å². The molecule has 0 radical (unpaired) electrons. The zero-order valence-electron chi connectivity index (χ0n) is 19.0. The van der Waals surface area contributed by atoms with Crippen LogP contribution in [0, 0.1) is 11.6 Å². The lowest BCUT2D eigenvalue weighted by atomic mass is 9.97. The number of rotatable bonds is 6. The summed E-state index contributed by atoms with van der Waals surface area (Å²) in [5.41, 5.74) is -0.646. The predicted octanol–water partition coefficient (Wildman–Crippen LogP) is 4.97. The van der Waals surface area contributed by atoms with Gasteiger partial charge in [-0.1, -0.05) is 6.42 Å². The predicted molar refractivity (Wildman–Crippen MR) is 121 cm³/mol. The number of thiazole rings is 1. The van der Waals surface area contributed by atoms with Crippen molar-refractivity contribution in [3.63, 3.8) is 0 Å². The molecule has 2 fully saturated rings. The standard InChI is InChI=1S/C22H26F5N3O3S2/c1-35(31,32)30-7-3-2-4-18(30)14-10-16(23)21(17(24)11-14)33-15-5-8-29(9-6-15)12-20-28-19(13-34-20)22(25,26)27/h10-11,13,15,18H,2-9,12H2,1H3. The number of likely N-dealkylation sites (tertiary alicyclic amines) is 1. The largest absolute Gasteiger partial charge is 0.484 e. The molecule has 2 aromatic rings. The first-order chi connectivity index (χ1) is 16.4. The molecule has 13 heteroatoms. The van der Waals surface area contributed by atoms with Gasteiger partial charge in [0, 0.05) is 31.1 Å². The third-order valence-electron chi connectivity index (χ3n) is 6.31. The molecule has 1 aromatic carbocycles. The van der Waals surface area contributed by atoms with Gasteiger partial charge in [0.1, 0.15) is 11.1 Å². The number of sulfonamides is 1. The number of alkyl halides is 3. The van der Waals surface area contributed by atoms with Gasteiger partial charge in [-0.2, -0.15) is 17.5 Å². The third kappa shape index (κ3) is 6.30. The summed E-state index contributed by atoms with van der Waals surface area (Å²) in [4.78, 5) is 5.56. The Morgan fingerprint density at radius 1 is 1.09 bits per heavy atom. The molecular weight excluding hydrogens is 513 g/mol. The van der Waals surface area contributed by atoms with Crippen LogP contribution >= 0.6 is 11.3 Å². The van der Waals surface area contributed by atoms with Gasteiger partial charge in [0.15, 0.2) is 23.1 Å². The Morgan fingerprint density at radius 2 is 1.74 bits per heavy atom. The summed E-state index contributed by atoms with van der Waals surface area (Å²) in [6, 6.07) is 1.66. The third-order valence-corrected chi connectivity index (χ3v) is 8.43. The van der Waals surface area contributed by atoms with Crippen LogP contribution < -0.4 is 4.74 Å². The van der Waals surface area contributed by atoms with Crippen LogP contribution in [0.5, 0.6) is 5.75 Å². The van der Waals surface area contributed by atoms with Crippen LogP contribution in [0.15, 0.2) is 17.5 Å². The van der Waals surface area contributed by atoms with E-state index in [1.54, 1.807) is 0 Å². The van der Waals surface area contributed by atoms with E-state index in [-0.39, 0.29) is 12.1 Å². The van der Waals surface area contributed by atoms with E-state index in [4.69, 9.17) is 4.74 Å². The van der Waals surface area contributed by atoms with E-state index in [0.717, 1.165) is 41.5 Å². The minimum Gasteiger partial charge on any atom is -0.484 e. The topological polar surface area (TPSA) is 62.7 Å². The second kappa shape index (κ2) is 10.3. The second-order valence-electron chi connectivity index (χ2n) is 8.92. The van der Waals surface area contributed by atoms with Gasteiger partial charge < -0.3 is 4.74 Å². The zero-order valence-corrected chi connectivity index (χ0v) is 20.7. The Labute approximate surface area is 204 Å². The molecule has 1 unspecified atom stereocenters. The van der Waals surface area contributed by atoms with Gasteiger partial charge in [-0.25, -0.2) is 22.2 Å². The van der Waals surface area contributed by atoms with E-state index in [0.29, 0.717) is 50.3 Å². The van der Waals surface area contributed by atoms with Crippen LogP contribution in [0.3, 0.4) is 0 Å². The van der Waals surface area contributed by atoms with E-state index in [2.05, 4.69) is 4.98 Å². The quantitative estimate of drug-likeness (QED) is 0.485. The average molecular weight is 540 g/mol. The normalized spacial score (nSPS) is 21.4. The Bertz CT molecular complexity index is 1120. The summed E-state index contributed by atoms with van der Waals surface area (Å²) in [5.74, 6) is -2.27. The molecule has 0 aliphatic carbocycles. The number of nitrogens with zero attached hydrogens (tertiary/aromatic N) is 3. The first kappa shape index (κ1) is 26.2. The first-order valence-electron chi connectivity index (χ1n) is 11.3. The minimum absolute atomic E-state index is 0.258. The number of hydrogen-bond acceptors (Lipinski definition) is 6.